The van der Waals surface area contributed by atoms with E-state index < -0.39 is 17.1 Å². The zero-order valence-electron chi connectivity index (χ0n) is 11.9. The van der Waals surface area contributed by atoms with E-state index in [1.54, 1.807) is 31.4 Å². The summed E-state index contributed by atoms with van der Waals surface area (Å²) >= 11 is 0. The van der Waals surface area contributed by atoms with Crippen molar-refractivity contribution in [3.63, 3.8) is 0 Å². The van der Waals surface area contributed by atoms with Gasteiger partial charge >= 0.3 is 7.12 Å². The van der Waals surface area contributed by atoms with Crippen LogP contribution in [0.2, 0.25) is 0 Å². The second kappa shape index (κ2) is 6.93. The minimum Gasteiger partial charge on any atom is -0.497 e. The Morgan fingerprint density at radius 2 is 1.68 bits per heavy atom. The lowest BCUT2D eigenvalue weighted by molar-refractivity contribution is 0.414. The molecule has 122 valence electrons. The zero-order chi connectivity index (χ0) is 16.2. The summed E-state index contributed by atoms with van der Waals surface area (Å²) in [5, 5.41) is 18.0. The van der Waals surface area contributed by atoms with E-state index in [0.29, 0.717) is 5.75 Å². The minimum atomic E-state index is -3.66. The second-order valence-electron chi connectivity index (χ2n) is 4.62. The lowest BCUT2D eigenvalue weighted by atomic mass is 9.81. The summed E-state index contributed by atoms with van der Waals surface area (Å²) < 4.78 is 31.8. The van der Waals surface area contributed by atoms with E-state index in [1.807, 2.05) is 0 Å². The number of nitrogens with one attached hydrogen (secondary N) is 1. The molecule has 0 aliphatic carbocycles. The van der Waals surface area contributed by atoms with Crippen LogP contribution in [0, 0.1) is 0 Å². The van der Waals surface area contributed by atoms with Crippen molar-refractivity contribution >= 4 is 22.6 Å². The third kappa shape index (κ3) is 4.08. The van der Waals surface area contributed by atoms with E-state index >= 15 is 0 Å². The van der Waals surface area contributed by atoms with E-state index in [-0.39, 0.29) is 21.2 Å². The molecule has 0 aliphatic heterocycles. The van der Waals surface area contributed by atoms with E-state index in [9.17, 15) is 8.42 Å². The zero-order valence-corrected chi connectivity index (χ0v) is 12.7. The highest BCUT2D eigenvalue weighted by atomic mass is 32.2. The minimum absolute atomic E-state index is 0. The molecule has 0 heterocycles. The fourth-order valence-corrected chi connectivity index (χ4v) is 2.84. The molecule has 0 unspecified atom stereocenters. The maximum atomic E-state index is 12.1. The first kappa shape index (κ1) is 16.5. The van der Waals surface area contributed by atoms with Gasteiger partial charge < -0.3 is 14.8 Å². The van der Waals surface area contributed by atoms with Crippen LogP contribution < -0.4 is 14.9 Å². The molecule has 0 spiro atoms. The maximum absolute atomic E-state index is 12.1. The molecular weight excluding hydrogens is 305 g/mol. The molecule has 6 nitrogen and oxygen atoms in total. The second-order valence-corrected chi connectivity index (χ2v) is 6.38. The van der Waals surface area contributed by atoms with Crippen molar-refractivity contribution in [1.82, 2.24) is 4.72 Å². The number of benzene rings is 2. The Bertz CT molecular complexity index is 727. The number of ether oxygens (including phenoxy) is 1. The lowest BCUT2D eigenvalue weighted by Gasteiger charge is -2.08. The molecule has 2 rings (SSSR count). The van der Waals surface area contributed by atoms with Crippen LogP contribution in [-0.4, -0.2) is 32.7 Å². The van der Waals surface area contributed by atoms with Gasteiger partial charge in [-0.05, 0) is 35.3 Å². The molecule has 22 heavy (non-hydrogen) atoms. The van der Waals surface area contributed by atoms with Gasteiger partial charge in [-0.25, -0.2) is 13.1 Å². The van der Waals surface area contributed by atoms with Crippen LogP contribution in [0.4, 0.5) is 0 Å². The highest BCUT2D eigenvalue weighted by Gasteiger charge is 2.16. The van der Waals surface area contributed by atoms with Crippen molar-refractivity contribution in [2.45, 2.75) is 11.4 Å². The predicted molar refractivity (Wildman–Crippen MR) is 89.6 cm³/mol. The van der Waals surface area contributed by atoms with Crippen molar-refractivity contribution < 1.29 is 27.5 Å². The van der Waals surface area contributed by atoms with Crippen LogP contribution in [-0.2, 0) is 16.6 Å². The predicted octanol–water partition coefficient (Wildman–Crippen LogP) is 0.591. The van der Waals surface area contributed by atoms with Gasteiger partial charge in [-0.3, -0.25) is 0 Å². The molecule has 3 N–H and O–H groups in total. The molecule has 0 amide bonds. The first-order chi connectivity index (χ1) is 10.4. The lowest BCUT2D eigenvalue weighted by Crippen LogP contribution is -2.30. The van der Waals surface area contributed by atoms with Gasteiger partial charge in [0.1, 0.15) is 5.75 Å². The number of methoxy groups -OCH3 is 1. The Morgan fingerprint density at radius 3 is 2.18 bits per heavy atom. The smallest absolute Gasteiger partial charge is 0.488 e. The van der Waals surface area contributed by atoms with Crippen LogP contribution in [0.3, 0.4) is 0 Å². The molecular formula is C14H22BNO5S. The van der Waals surface area contributed by atoms with E-state index in [0.717, 1.165) is 5.56 Å². The summed E-state index contributed by atoms with van der Waals surface area (Å²) in [5.41, 5.74) is 1.03. The van der Waals surface area contributed by atoms with Crippen molar-refractivity contribution in [3.05, 3.63) is 54.1 Å². The van der Waals surface area contributed by atoms with Crippen LogP contribution in [0.5, 0.6) is 5.75 Å². The van der Waals surface area contributed by atoms with Crippen molar-refractivity contribution in [1.29, 1.82) is 0 Å². The number of sulfonamides is 1. The van der Waals surface area contributed by atoms with Crippen molar-refractivity contribution in [2.24, 2.45) is 0 Å². The molecule has 0 radical (unpaired) electrons. The quantitative estimate of drug-likeness (QED) is 0.675. The summed E-state index contributed by atoms with van der Waals surface area (Å²) in [7, 11) is -3.72. The van der Waals surface area contributed by atoms with Crippen LogP contribution in [0.25, 0.3) is 0 Å². The van der Waals surface area contributed by atoms with Gasteiger partial charge in [0.15, 0.2) is 0 Å². The van der Waals surface area contributed by atoms with Crippen LogP contribution in [0.1, 0.15) is 9.84 Å². The van der Waals surface area contributed by atoms with Gasteiger partial charge in [0.05, 0.1) is 12.0 Å². The van der Waals surface area contributed by atoms with Gasteiger partial charge in [-0.2, -0.15) is 0 Å². The highest BCUT2D eigenvalue weighted by Crippen LogP contribution is 2.12. The van der Waals surface area contributed by atoms with Gasteiger partial charge in [0.25, 0.3) is 0 Å². The first-order valence-corrected chi connectivity index (χ1v) is 7.99. The molecule has 0 saturated heterocycles. The first-order valence-electron chi connectivity index (χ1n) is 6.51. The molecule has 0 atom stereocenters. The number of hydrogen-bond acceptors (Lipinski definition) is 5. The summed E-state index contributed by atoms with van der Waals surface area (Å²) in [6, 6.07) is 12.4. The van der Waals surface area contributed by atoms with Crippen molar-refractivity contribution in [3.8, 4) is 5.75 Å². The van der Waals surface area contributed by atoms with Gasteiger partial charge in [-0.15, -0.1) is 0 Å². The van der Waals surface area contributed by atoms with Gasteiger partial charge in [-0.1, -0.05) is 24.3 Å². The topological polar surface area (TPSA) is 95.9 Å². The summed E-state index contributed by atoms with van der Waals surface area (Å²) in [6.45, 7) is 0.150. The fourth-order valence-electron chi connectivity index (χ4n) is 1.82. The van der Waals surface area contributed by atoms with E-state index in [1.165, 1.54) is 24.3 Å². The molecule has 0 fully saturated rings. The number of rotatable bonds is 6. The summed E-state index contributed by atoms with van der Waals surface area (Å²) in [5.74, 6) is 0.699. The molecule has 0 aliphatic rings. The Kier molecular flexibility index (Phi) is 5.20. The Morgan fingerprint density at radius 1 is 1.09 bits per heavy atom. The fraction of sp³-hybridized carbons (Fsp3) is 0.143. The Balaban J connectivity index is 0. The Labute approximate surface area is 134 Å². The monoisotopic (exact) mass is 327 g/mol. The van der Waals surface area contributed by atoms with E-state index in [4.69, 9.17) is 14.8 Å². The van der Waals surface area contributed by atoms with Crippen LogP contribution in [0.15, 0.2) is 53.4 Å². The van der Waals surface area contributed by atoms with Crippen molar-refractivity contribution in [2.75, 3.05) is 7.11 Å². The standard InChI is InChI=1S/C14H16BNO5S.3H2/c1-21-13-6-2-11(3-7-13)10-16-22(19,20)14-8-4-12(5-9-14)15(17)18;;;/h2-9,16-18H,10H2,1H3;3*1H. The third-order valence-electron chi connectivity index (χ3n) is 3.11. The third-order valence-corrected chi connectivity index (χ3v) is 4.53. The number of hydrogen-bond donors (Lipinski definition) is 3. The summed E-state index contributed by atoms with van der Waals surface area (Å²) in [6.07, 6.45) is 0. The Hall–Kier alpha value is -1.87. The molecule has 0 saturated carbocycles. The SMILES string of the molecule is COc1ccc(CNS(=O)(=O)c2ccc(B(O)O)cc2)cc1.[HH].[HH].[HH]. The van der Waals surface area contributed by atoms with E-state index in [2.05, 4.69) is 4.72 Å². The molecule has 2 aromatic carbocycles. The average molecular weight is 327 g/mol. The largest absolute Gasteiger partial charge is 0.497 e. The maximum Gasteiger partial charge on any atom is 0.488 e. The summed E-state index contributed by atoms with van der Waals surface area (Å²) in [4.78, 5) is 0.0606. The highest BCUT2D eigenvalue weighted by molar-refractivity contribution is 7.89. The normalized spacial score (nSPS) is 11.2. The van der Waals surface area contributed by atoms with Crippen LogP contribution >= 0.6 is 0 Å². The molecule has 2 aromatic rings. The van der Waals surface area contributed by atoms with Gasteiger partial charge in [0.2, 0.25) is 10.0 Å². The van der Waals surface area contributed by atoms with Gasteiger partial charge in [0, 0.05) is 10.8 Å². The molecule has 0 aromatic heterocycles. The molecule has 0 bridgehead atoms. The molecule has 8 heteroatoms. The average Bonchev–Trinajstić information content (AvgIpc) is 2.53.